The number of fused-ring (bicyclic) bond motifs is 1. The van der Waals surface area contributed by atoms with Crippen molar-refractivity contribution in [2.45, 2.75) is 13.5 Å². The van der Waals surface area contributed by atoms with E-state index < -0.39 is 0 Å². The van der Waals surface area contributed by atoms with E-state index >= 15 is 0 Å². The first-order valence-corrected chi connectivity index (χ1v) is 7.14. The first-order chi connectivity index (χ1) is 9.79. The van der Waals surface area contributed by atoms with E-state index in [0.717, 1.165) is 35.4 Å². The van der Waals surface area contributed by atoms with Gasteiger partial charge in [-0.3, -0.25) is 0 Å². The van der Waals surface area contributed by atoms with Crippen molar-refractivity contribution in [3.8, 4) is 11.3 Å². The van der Waals surface area contributed by atoms with Crippen LogP contribution in [0.3, 0.4) is 0 Å². The van der Waals surface area contributed by atoms with Gasteiger partial charge in [-0.2, -0.15) is 0 Å². The van der Waals surface area contributed by atoms with Crippen LogP contribution in [-0.2, 0) is 6.54 Å². The minimum absolute atomic E-state index is 0.651. The quantitative estimate of drug-likeness (QED) is 0.740. The van der Waals surface area contributed by atoms with E-state index in [1.54, 1.807) is 0 Å². The molecule has 0 saturated carbocycles. The maximum atomic E-state index is 6.18. The number of nitrogens with one attached hydrogen (secondary N) is 1. The largest absolute Gasteiger partial charge is 0.455 e. The van der Waals surface area contributed by atoms with E-state index in [2.05, 4.69) is 24.4 Å². The third kappa shape index (κ3) is 2.45. The van der Waals surface area contributed by atoms with Crippen molar-refractivity contribution >= 4 is 22.6 Å². The predicted octanol–water partition coefficient (Wildman–Crippen LogP) is 4.86. The number of rotatable bonds is 4. The lowest BCUT2D eigenvalue weighted by molar-refractivity contribution is 0.629. The van der Waals surface area contributed by atoms with Crippen molar-refractivity contribution in [3.63, 3.8) is 0 Å². The first-order valence-electron chi connectivity index (χ1n) is 6.76. The monoisotopic (exact) mass is 285 g/mol. The van der Waals surface area contributed by atoms with Crippen LogP contribution in [0, 0.1) is 0 Å². The summed E-state index contributed by atoms with van der Waals surface area (Å²) in [5.74, 6) is 0.863. The minimum atomic E-state index is 0.651. The van der Waals surface area contributed by atoms with Gasteiger partial charge in [0, 0.05) is 17.5 Å². The number of halogens is 1. The van der Waals surface area contributed by atoms with E-state index in [-0.39, 0.29) is 0 Å². The molecule has 2 aromatic carbocycles. The molecule has 3 heteroatoms. The van der Waals surface area contributed by atoms with Crippen LogP contribution in [0.2, 0.25) is 5.02 Å². The summed E-state index contributed by atoms with van der Waals surface area (Å²) in [5, 5.41) is 5.04. The van der Waals surface area contributed by atoms with Crippen LogP contribution < -0.4 is 5.32 Å². The molecule has 0 aliphatic carbocycles. The Morgan fingerprint density at radius 1 is 1.10 bits per heavy atom. The summed E-state index contributed by atoms with van der Waals surface area (Å²) in [4.78, 5) is 0. The van der Waals surface area contributed by atoms with E-state index in [1.165, 1.54) is 5.56 Å². The summed E-state index contributed by atoms with van der Waals surface area (Å²) in [7, 11) is 0. The Labute approximate surface area is 123 Å². The number of hydrogen-bond acceptors (Lipinski definition) is 2. The Bertz CT molecular complexity index is 733. The van der Waals surface area contributed by atoms with Crippen molar-refractivity contribution in [1.29, 1.82) is 0 Å². The van der Waals surface area contributed by atoms with Crippen LogP contribution in [0.25, 0.3) is 22.3 Å². The van der Waals surface area contributed by atoms with Crippen molar-refractivity contribution in [3.05, 3.63) is 59.1 Å². The summed E-state index contributed by atoms with van der Waals surface area (Å²) in [6.45, 7) is 3.88. The predicted molar refractivity (Wildman–Crippen MR) is 84.0 cm³/mol. The van der Waals surface area contributed by atoms with Crippen molar-refractivity contribution in [2.75, 3.05) is 6.54 Å². The maximum absolute atomic E-state index is 6.18. The Hall–Kier alpha value is -1.77. The molecule has 3 rings (SSSR count). The number of furan rings is 1. The zero-order valence-corrected chi connectivity index (χ0v) is 12.1. The molecule has 1 heterocycles. The number of para-hydroxylation sites is 1. The molecule has 0 saturated heterocycles. The molecular weight excluding hydrogens is 270 g/mol. The lowest BCUT2D eigenvalue weighted by Crippen LogP contribution is -2.12. The zero-order valence-electron chi connectivity index (χ0n) is 11.3. The van der Waals surface area contributed by atoms with Crippen molar-refractivity contribution < 1.29 is 4.42 Å². The lowest BCUT2D eigenvalue weighted by Gasteiger charge is -2.07. The summed E-state index contributed by atoms with van der Waals surface area (Å²) >= 11 is 6.18. The van der Waals surface area contributed by atoms with E-state index in [4.69, 9.17) is 16.0 Å². The molecule has 20 heavy (non-hydrogen) atoms. The molecule has 0 atom stereocenters. The number of benzene rings is 2. The van der Waals surface area contributed by atoms with Gasteiger partial charge in [0.15, 0.2) is 5.58 Å². The Morgan fingerprint density at radius 2 is 1.95 bits per heavy atom. The summed E-state index contributed by atoms with van der Waals surface area (Å²) < 4.78 is 5.95. The standard InChI is InChI=1S/C17H16ClNO/c1-2-19-11-13-6-3-4-8-14(13)16-10-12-7-5-9-15(18)17(12)20-16/h3-10,19H,2,11H2,1H3. The topological polar surface area (TPSA) is 25.2 Å². The molecule has 0 bridgehead atoms. The second kappa shape index (κ2) is 5.70. The van der Waals surface area contributed by atoms with Crippen LogP contribution in [0.15, 0.2) is 52.9 Å². The second-order valence-corrected chi connectivity index (χ2v) is 5.11. The fourth-order valence-corrected chi connectivity index (χ4v) is 2.56. The highest BCUT2D eigenvalue weighted by atomic mass is 35.5. The maximum Gasteiger partial charge on any atom is 0.153 e. The smallest absolute Gasteiger partial charge is 0.153 e. The molecule has 0 radical (unpaired) electrons. The normalized spacial score (nSPS) is 11.1. The van der Waals surface area contributed by atoms with Gasteiger partial charge in [-0.15, -0.1) is 0 Å². The Kier molecular flexibility index (Phi) is 3.77. The summed E-state index contributed by atoms with van der Waals surface area (Å²) in [6, 6.07) is 16.1. The molecule has 0 aliphatic rings. The highest BCUT2D eigenvalue weighted by Gasteiger charge is 2.11. The fourth-order valence-electron chi connectivity index (χ4n) is 2.33. The first kappa shape index (κ1) is 13.2. The molecule has 102 valence electrons. The van der Waals surface area contributed by atoms with Gasteiger partial charge in [0.05, 0.1) is 5.02 Å². The SMILES string of the molecule is CCNCc1ccccc1-c1cc2cccc(Cl)c2o1. The molecule has 0 spiro atoms. The average Bonchev–Trinajstić information content (AvgIpc) is 2.91. The van der Waals surface area contributed by atoms with Crippen LogP contribution in [0.5, 0.6) is 0 Å². The third-order valence-corrected chi connectivity index (χ3v) is 3.64. The fraction of sp³-hybridized carbons (Fsp3) is 0.176. The van der Waals surface area contributed by atoms with Crippen molar-refractivity contribution in [1.82, 2.24) is 5.32 Å². The summed E-state index contributed by atoms with van der Waals surface area (Å²) in [5.41, 5.74) is 3.09. The minimum Gasteiger partial charge on any atom is -0.455 e. The van der Waals surface area contributed by atoms with Gasteiger partial charge in [-0.25, -0.2) is 0 Å². The van der Waals surface area contributed by atoms with E-state index in [9.17, 15) is 0 Å². The lowest BCUT2D eigenvalue weighted by atomic mass is 10.0. The average molecular weight is 286 g/mol. The molecule has 0 unspecified atom stereocenters. The molecular formula is C17H16ClNO. The Balaban J connectivity index is 2.08. The van der Waals surface area contributed by atoms with Crippen LogP contribution in [0.4, 0.5) is 0 Å². The van der Waals surface area contributed by atoms with Gasteiger partial charge in [-0.05, 0) is 24.2 Å². The van der Waals surface area contributed by atoms with Gasteiger partial charge in [0.25, 0.3) is 0 Å². The highest BCUT2D eigenvalue weighted by molar-refractivity contribution is 6.34. The van der Waals surface area contributed by atoms with Gasteiger partial charge >= 0.3 is 0 Å². The molecule has 2 nitrogen and oxygen atoms in total. The molecule has 0 amide bonds. The highest BCUT2D eigenvalue weighted by Crippen LogP contribution is 2.33. The molecule has 1 aromatic heterocycles. The molecule has 0 fully saturated rings. The van der Waals surface area contributed by atoms with Crippen LogP contribution in [-0.4, -0.2) is 6.54 Å². The molecule has 1 N–H and O–H groups in total. The van der Waals surface area contributed by atoms with E-state index in [0.29, 0.717) is 5.02 Å². The zero-order chi connectivity index (χ0) is 13.9. The van der Waals surface area contributed by atoms with Gasteiger partial charge in [-0.1, -0.05) is 54.9 Å². The van der Waals surface area contributed by atoms with Gasteiger partial charge in [0.2, 0.25) is 0 Å². The Morgan fingerprint density at radius 3 is 2.75 bits per heavy atom. The second-order valence-electron chi connectivity index (χ2n) is 4.71. The van der Waals surface area contributed by atoms with Crippen molar-refractivity contribution in [2.24, 2.45) is 0 Å². The molecule has 3 aromatic rings. The van der Waals surface area contributed by atoms with Crippen LogP contribution in [0.1, 0.15) is 12.5 Å². The molecule has 0 aliphatic heterocycles. The van der Waals surface area contributed by atoms with Gasteiger partial charge < -0.3 is 9.73 Å². The van der Waals surface area contributed by atoms with Crippen LogP contribution >= 0.6 is 11.6 Å². The third-order valence-electron chi connectivity index (χ3n) is 3.34. The number of hydrogen-bond donors (Lipinski definition) is 1. The van der Waals surface area contributed by atoms with E-state index in [1.807, 2.05) is 36.4 Å². The summed E-state index contributed by atoms with van der Waals surface area (Å²) in [6.07, 6.45) is 0. The van der Waals surface area contributed by atoms with Gasteiger partial charge in [0.1, 0.15) is 5.76 Å².